The quantitative estimate of drug-likeness (QED) is 0.321. The third kappa shape index (κ3) is 3.86. The number of nitrogens with zero attached hydrogens (tertiary/aromatic N) is 1. The van der Waals surface area contributed by atoms with Crippen molar-refractivity contribution >= 4 is 33.1 Å². The summed E-state index contributed by atoms with van der Waals surface area (Å²) < 4.78 is 40.1. The number of hydrogen-bond donors (Lipinski definition) is 0. The Hall–Kier alpha value is -2.68. The first kappa shape index (κ1) is 21.5. The van der Waals surface area contributed by atoms with Crippen LogP contribution in [-0.4, -0.2) is 4.98 Å². The van der Waals surface area contributed by atoms with Crippen molar-refractivity contribution in [2.75, 3.05) is 0 Å². The van der Waals surface area contributed by atoms with Gasteiger partial charge in [0.2, 0.25) is 0 Å². The molecule has 0 N–H and O–H groups in total. The maximum absolute atomic E-state index is 13.4. The molecule has 0 spiro atoms. The van der Waals surface area contributed by atoms with Crippen molar-refractivity contribution in [3.8, 4) is 0 Å². The first-order valence-corrected chi connectivity index (χ1v) is 13.1. The molecule has 4 aromatic rings. The van der Waals surface area contributed by atoms with Gasteiger partial charge < -0.3 is 0 Å². The van der Waals surface area contributed by atoms with E-state index >= 15 is 0 Å². The molecule has 4 rings (SSSR count). The predicted octanol–water partition coefficient (Wildman–Crippen LogP) is 6.28. The second-order valence-corrected chi connectivity index (χ2v) is 13.8. The van der Waals surface area contributed by atoms with Gasteiger partial charge in [0.25, 0.3) is 0 Å². The number of halogens is 4. The van der Waals surface area contributed by atoms with Gasteiger partial charge in [0, 0.05) is 0 Å². The van der Waals surface area contributed by atoms with Gasteiger partial charge >= 0.3 is 184 Å². The molecule has 0 atom stereocenters. The average Bonchev–Trinajstić information content (AvgIpc) is 2.80. The molecule has 0 amide bonds. The molecular formula is C25H20ClF3NP. The molecule has 0 aliphatic heterocycles. The summed E-state index contributed by atoms with van der Waals surface area (Å²) in [5, 5.41) is 2.64. The Balaban J connectivity index is 2.05. The van der Waals surface area contributed by atoms with E-state index in [1.165, 1.54) is 6.07 Å². The number of hydrogen-bond acceptors (Lipinski definition) is 1. The van der Waals surface area contributed by atoms with Crippen molar-refractivity contribution in [1.82, 2.24) is 4.98 Å². The van der Waals surface area contributed by atoms with Gasteiger partial charge in [-0.15, -0.1) is 0 Å². The number of alkyl halides is 3. The van der Waals surface area contributed by atoms with E-state index in [0.717, 1.165) is 22.0 Å². The summed E-state index contributed by atoms with van der Waals surface area (Å²) in [5.74, 6) is -3.72. The van der Waals surface area contributed by atoms with Gasteiger partial charge in [0.15, 0.2) is 0 Å². The van der Waals surface area contributed by atoms with E-state index in [9.17, 15) is 13.2 Å². The first-order valence-electron chi connectivity index (χ1n) is 9.75. The van der Waals surface area contributed by atoms with Crippen molar-refractivity contribution < 1.29 is 13.2 Å². The van der Waals surface area contributed by atoms with Crippen molar-refractivity contribution in [1.29, 1.82) is 0 Å². The van der Waals surface area contributed by atoms with E-state index in [-0.39, 0.29) is 6.16 Å². The monoisotopic (exact) mass is 457 g/mol. The number of aromatic nitrogens is 1. The Morgan fingerprint density at radius 3 is 1.42 bits per heavy atom. The Morgan fingerprint density at radius 1 is 0.613 bits per heavy atom. The molecule has 0 fully saturated rings. The molecule has 1 aromatic heterocycles. The molecule has 31 heavy (non-hydrogen) atoms. The fourth-order valence-corrected chi connectivity index (χ4v) is 9.96. The molecule has 1 nitrogen and oxygen atoms in total. The van der Waals surface area contributed by atoms with Crippen LogP contribution in [-0.2, 0) is 12.3 Å². The Labute approximate surface area is 184 Å². The molecule has 0 radical (unpaired) electrons. The summed E-state index contributed by atoms with van der Waals surface area (Å²) in [6.45, 7) is 0. The second-order valence-electron chi connectivity index (χ2n) is 7.36. The summed E-state index contributed by atoms with van der Waals surface area (Å²) in [6.07, 6.45) is -4.36. The molecule has 0 aliphatic carbocycles. The summed E-state index contributed by atoms with van der Waals surface area (Å²) >= 11 is 7.88. The van der Waals surface area contributed by atoms with Crippen LogP contribution in [0, 0.1) is 0 Å². The fourth-order valence-electron chi connectivity index (χ4n) is 3.97. The van der Waals surface area contributed by atoms with Crippen molar-refractivity contribution in [2.45, 2.75) is 12.3 Å². The molecule has 158 valence electrons. The molecular weight excluding hydrogens is 438 g/mol. The van der Waals surface area contributed by atoms with E-state index in [1.54, 1.807) is 6.07 Å². The van der Waals surface area contributed by atoms with Gasteiger partial charge in [-0.3, -0.25) is 0 Å². The molecule has 6 heteroatoms. The summed E-state index contributed by atoms with van der Waals surface area (Å²) in [4.78, 5) is 3.97. The van der Waals surface area contributed by atoms with Crippen LogP contribution in [0.4, 0.5) is 13.2 Å². The van der Waals surface area contributed by atoms with Crippen LogP contribution in [0.1, 0.15) is 11.4 Å². The van der Waals surface area contributed by atoms with E-state index in [4.69, 9.17) is 11.2 Å². The summed E-state index contributed by atoms with van der Waals surface area (Å²) in [5.41, 5.74) is -0.611. The van der Waals surface area contributed by atoms with Crippen LogP contribution in [0.2, 0.25) is 0 Å². The maximum atomic E-state index is 13.4. The summed E-state index contributed by atoms with van der Waals surface area (Å²) in [7, 11) is 0. The molecule has 0 unspecified atom stereocenters. The van der Waals surface area contributed by atoms with Gasteiger partial charge in [-0.25, -0.2) is 0 Å². The number of rotatable bonds is 5. The van der Waals surface area contributed by atoms with Crippen molar-refractivity contribution in [3.05, 3.63) is 121 Å². The average molecular weight is 458 g/mol. The Morgan fingerprint density at radius 2 is 1.03 bits per heavy atom. The van der Waals surface area contributed by atoms with Gasteiger partial charge in [0.1, 0.15) is 0 Å². The van der Waals surface area contributed by atoms with Gasteiger partial charge in [-0.05, 0) is 0 Å². The zero-order valence-corrected chi connectivity index (χ0v) is 18.2. The number of benzene rings is 3. The Bertz CT molecular complexity index is 1070. The molecule has 3 aromatic carbocycles. The predicted molar refractivity (Wildman–Crippen MR) is 124 cm³/mol. The zero-order valence-electron chi connectivity index (χ0n) is 16.5. The summed E-state index contributed by atoms with van der Waals surface area (Å²) in [6, 6.07) is 32.9. The van der Waals surface area contributed by atoms with Crippen molar-refractivity contribution in [3.63, 3.8) is 0 Å². The van der Waals surface area contributed by atoms with Gasteiger partial charge in [-0.2, -0.15) is 0 Å². The normalized spacial score (nSPS) is 13.4. The van der Waals surface area contributed by atoms with Crippen molar-refractivity contribution in [2.24, 2.45) is 0 Å². The third-order valence-corrected chi connectivity index (χ3v) is 12.6. The number of pyridine rings is 1. The van der Waals surface area contributed by atoms with Crippen LogP contribution < -0.4 is 15.9 Å². The van der Waals surface area contributed by atoms with Crippen LogP contribution >= 0.6 is 17.2 Å². The molecule has 1 heterocycles. The van der Waals surface area contributed by atoms with Gasteiger partial charge in [0.05, 0.1) is 0 Å². The topological polar surface area (TPSA) is 12.9 Å². The second kappa shape index (κ2) is 8.11. The molecule has 0 aliphatic rings. The van der Waals surface area contributed by atoms with E-state index in [0.29, 0.717) is 5.69 Å². The first-order chi connectivity index (χ1) is 14.8. The van der Waals surface area contributed by atoms with Gasteiger partial charge in [-0.1, -0.05) is 0 Å². The van der Waals surface area contributed by atoms with Crippen LogP contribution in [0.15, 0.2) is 109 Å². The zero-order chi connectivity index (χ0) is 22.0. The van der Waals surface area contributed by atoms with E-state index in [1.807, 2.05) is 91.0 Å². The third-order valence-electron chi connectivity index (χ3n) is 5.44. The SMILES string of the molecule is FC(F)(F)c1cccc(CP(Cl)(c2ccccc2)(c2ccccc2)c2ccccc2)n1. The minimum atomic E-state index is -4.52. The van der Waals surface area contributed by atoms with Crippen LogP contribution in [0.5, 0.6) is 0 Å². The molecule has 0 saturated carbocycles. The van der Waals surface area contributed by atoms with E-state index < -0.39 is 17.8 Å². The molecule has 0 saturated heterocycles. The minimum absolute atomic E-state index is 0.162. The Kier molecular flexibility index (Phi) is 5.63. The molecule has 0 bridgehead atoms. The van der Waals surface area contributed by atoms with Crippen LogP contribution in [0.25, 0.3) is 0 Å². The van der Waals surface area contributed by atoms with Crippen LogP contribution in [0.3, 0.4) is 0 Å². The van der Waals surface area contributed by atoms with E-state index in [2.05, 4.69) is 4.98 Å². The fraction of sp³-hybridized carbons (Fsp3) is 0.0800. The standard InChI is InChI=1S/C25H20ClF3NP/c26-31(21-12-4-1-5-13-21,22-14-6-2-7-15-22,23-16-8-3-9-17-23)19-20-11-10-18-24(30-20)25(27,28)29/h1-18H,19H2.